The van der Waals surface area contributed by atoms with Gasteiger partial charge in [0.15, 0.2) is 0 Å². The van der Waals surface area contributed by atoms with Crippen LogP contribution in [0.25, 0.3) is 368 Å². The van der Waals surface area contributed by atoms with Crippen molar-refractivity contribution in [2.75, 3.05) is 0 Å². The Bertz CT molecular complexity index is 11900. The molecule has 0 spiro atoms. The molecule has 8 heterocycles. The summed E-state index contributed by atoms with van der Waals surface area (Å²) in [6.07, 6.45) is 0. The van der Waals surface area contributed by atoms with Crippen molar-refractivity contribution in [1.29, 1.82) is 0 Å². The van der Waals surface area contributed by atoms with Crippen molar-refractivity contribution in [2.45, 2.75) is 55.4 Å². The maximum atomic E-state index is 15.1. The predicted molar refractivity (Wildman–Crippen MR) is 623 cm³/mol. The minimum absolute atomic E-state index is 0.0355. The molecule has 38 rings (SSSR count). The summed E-state index contributed by atoms with van der Waals surface area (Å²) in [5.74, 6) is 0. The molecule has 12 nitrogen and oxygen atoms in total. The molecule has 8 aromatic heterocycles. The van der Waals surface area contributed by atoms with Crippen LogP contribution in [0.5, 0.6) is 0 Å². The smallest absolute Gasteiger partial charge is 0.264 e. The Kier molecular flexibility index (Phi) is 13.3. The molecular weight excluding hydrogens is 1810 g/mol. The zero-order chi connectivity index (χ0) is 97.3. The van der Waals surface area contributed by atoms with E-state index in [9.17, 15) is 0 Å². The first-order valence-corrected chi connectivity index (χ1v) is 51.1. The van der Waals surface area contributed by atoms with Crippen LogP contribution in [0.4, 0.5) is 0 Å². The van der Waals surface area contributed by atoms with Crippen molar-refractivity contribution < 1.29 is 0 Å². The van der Waals surface area contributed by atoms with Crippen molar-refractivity contribution in [2.24, 2.45) is 0 Å². The summed E-state index contributed by atoms with van der Waals surface area (Å²) in [5.41, 5.74) is 18.8. The molecule has 0 N–H and O–H groups in total. The molecule has 0 saturated heterocycles. The van der Waals surface area contributed by atoms with Crippen molar-refractivity contribution in [3.63, 3.8) is 0 Å². The van der Waals surface area contributed by atoms with Gasteiger partial charge in [0.25, 0.3) is 22.2 Å². The predicted octanol–water partition coefficient (Wildman–Crippen LogP) is 33.2. The van der Waals surface area contributed by atoms with Crippen molar-refractivity contribution in [3.05, 3.63) is 377 Å². The zero-order valence-electron chi connectivity index (χ0n) is 80.9. The number of nitrogens with zero attached hydrogens (tertiary/aromatic N) is 8. The fourth-order valence-corrected chi connectivity index (χ4v) is 30.7. The number of hydrogen-bond acceptors (Lipinski definition) is 8. The molecule has 0 aliphatic carbocycles. The Balaban J connectivity index is 0.000000120. The van der Waals surface area contributed by atoms with Crippen LogP contribution >= 0.6 is 0 Å². The number of aryl methyl sites for hydroxylation is 8. The van der Waals surface area contributed by atoms with Crippen LogP contribution in [0.15, 0.2) is 310 Å². The largest absolute Gasteiger partial charge is 0.268 e. The van der Waals surface area contributed by atoms with E-state index in [0.29, 0.717) is 22.6 Å². The Morgan fingerprint density at radius 1 is 0.142 bits per heavy atom. The second-order valence-corrected chi connectivity index (χ2v) is 43.1. The molecule has 680 valence electrons. The quantitative estimate of drug-likeness (QED) is 0.108. The molecule has 148 heavy (non-hydrogen) atoms. The minimum atomic E-state index is -0.0355. The van der Waals surface area contributed by atoms with Crippen LogP contribution in [0.2, 0.25) is 0 Å². The molecule has 12 heteroatoms. The molecule has 0 aliphatic heterocycles. The van der Waals surface area contributed by atoms with Crippen molar-refractivity contribution in [3.8, 4) is 0 Å². The Labute approximate surface area is 832 Å². The first kappa shape index (κ1) is 77.6. The van der Waals surface area contributed by atoms with Crippen molar-refractivity contribution in [1.82, 2.24) is 37.5 Å². The standard InChI is InChI=1S/2C68H36N4O2/c1-29-25-43-61-45(67(73)71-49-15-7-11-33-9-5-13-47(55(33)49)69-65(43)71)27-31(3)53-41-23-19-37-36-18-22-40-52-30(2)26-44-62-46(68(74)72-50-16-8-12-34-10-6-14-48(56(34)50)70-66(44)72)28-32(4)54(64(52)62)42-24-20-38(58(36)60(40)42)35-17-21-39(51(29)63(53)61)59(41)57(35)37;1-29-25-43-61-45(67(73)71-49-15-7-11-33-9-5-13-47(55(33)49)69-65(43)71)27-31(3)53-41-23-19-37-38-20-24-42-54-32(4)28-46-62-44(66-70-48-14-6-10-34-12-8-16-50(56(34)48)72(66)68(46)74)26-30(2)52(64(54)62)40-22-18-36(58(38)60(40)42)35-17-21-39(51(29)63(53)61)59(41)57(35)37/h2*5-28H,1-4H3. The summed E-state index contributed by atoms with van der Waals surface area (Å²) in [6, 6.07) is 105. The number of benzene rings is 30. The first-order valence-electron chi connectivity index (χ1n) is 51.1. The molecule has 0 amide bonds. The van der Waals surface area contributed by atoms with E-state index in [2.05, 4.69) is 322 Å². The normalized spacial score (nSPS) is 13.2. The average molecular weight is 1880 g/mol. The second kappa shape index (κ2) is 25.4. The van der Waals surface area contributed by atoms with E-state index in [1.807, 2.05) is 41.9 Å². The van der Waals surface area contributed by atoms with Gasteiger partial charge in [0.1, 0.15) is 22.6 Å². The van der Waals surface area contributed by atoms with Gasteiger partial charge >= 0.3 is 0 Å². The van der Waals surface area contributed by atoms with Gasteiger partial charge < -0.3 is 0 Å². The van der Waals surface area contributed by atoms with Gasteiger partial charge in [0.2, 0.25) is 0 Å². The van der Waals surface area contributed by atoms with E-state index in [1.54, 1.807) is 0 Å². The molecule has 0 aliphatic rings. The highest BCUT2D eigenvalue weighted by atomic mass is 16.1. The van der Waals surface area contributed by atoms with Gasteiger partial charge in [-0.25, -0.2) is 19.9 Å². The minimum Gasteiger partial charge on any atom is -0.268 e. The molecule has 0 atom stereocenters. The summed E-state index contributed by atoms with van der Waals surface area (Å²) in [6.45, 7) is 17.7. The highest BCUT2D eigenvalue weighted by molar-refractivity contribution is 6.52. The summed E-state index contributed by atoms with van der Waals surface area (Å²) >= 11 is 0. The van der Waals surface area contributed by atoms with Crippen LogP contribution in [-0.4, -0.2) is 37.5 Å². The zero-order valence-corrected chi connectivity index (χ0v) is 80.9. The average Bonchev–Trinajstić information content (AvgIpc) is 0.666. The van der Waals surface area contributed by atoms with Crippen LogP contribution in [0, 0.1) is 55.4 Å². The van der Waals surface area contributed by atoms with Crippen LogP contribution < -0.4 is 22.2 Å². The van der Waals surface area contributed by atoms with Crippen LogP contribution in [-0.2, 0) is 0 Å². The van der Waals surface area contributed by atoms with E-state index in [0.717, 1.165) is 218 Å². The summed E-state index contributed by atoms with van der Waals surface area (Å²) < 4.78 is 7.43. The fourth-order valence-electron chi connectivity index (χ4n) is 30.7. The lowest BCUT2D eigenvalue weighted by atomic mass is 9.79. The lowest BCUT2D eigenvalue weighted by molar-refractivity contribution is 1.15. The van der Waals surface area contributed by atoms with Gasteiger partial charge in [0, 0.05) is 86.2 Å². The third-order valence-electron chi connectivity index (χ3n) is 36.0. The Morgan fingerprint density at radius 3 is 0.473 bits per heavy atom. The Hall–Kier alpha value is -19.0. The number of aromatic nitrogens is 8. The maximum Gasteiger partial charge on any atom is 0.264 e. The monoisotopic (exact) mass is 1880 g/mol. The highest BCUT2D eigenvalue weighted by Crippen LogP contribution is 2.59. The second-order valence-electron chi connectivity index (χ2n) is 43.1. The molecule has 38 aromatic rings. The first-order chi connectivity index (χ1) is 72.5. The van der Waals surface area contributed by atoms with E-state index < -0.39 is 0 Å². The van der Waals surface area contributed by atoms with Gasteiger partial charge in [-0.1, -0.05) is 194 Å². The van der Waals surface area contributed by atoms with Gasteiger partial charge in [-0.15, -0.1) is 0 Å². The number of hydrogen-bond donors (Lipinski definition) is 0. The lowest BCUT2D eigenvalue weighted by Crippen LogP contribution is -2.17. The molecule has 0 fully saturated rings. The van der Waals surface area contributed by atoms with E-state index in [4.69, 9.17) is 19.9 Å². The molecule has 0 radical (unpaired) electrons. The fraction of sp³-hybridized carbons (Fsp3) is 0.0588. The van der Waals surface area contributed by atoms with Gasteiger partial charge in [-0.3, -0.25) is 36.8 Å². The maximum absolute atomic E-state index is 15.1. The highest BCUT2D eigenvalue weighted by Gasteiger charge is 2.35. The SMILES string of the molecule is Cc1cc2c(=O)n3c4cccc5cccc(nc3c3cc(C)c6c7ccc8c9ccc%10c%11c(C)cc%12c%13c(cc(C)c(c%14ccc(c%15ccc(c1c6c23)c7c%158)c9c%14%10)c%11%13)c(=O)n1c2cccc3cccc(nc%121)c32)c54.Cc1cc2c(=O)n3c4cccc5cccc(nc3c3cc(C)c6c7ccc8c9ccc%10c%11c(C)cc%12c(=O)n%13c%14cccc%15cccc(nc%13c%13cc(C)c(c%16ccc(c%17ccc(c1c6c23)c7c%178)c9c%10%16)c%11c%12%13)c%15%14)c54. The Morgan fingerprint density at radius 2 is 0.291 bits per heavy atom. The lowest BCUT2D eigenvalue weighted by Gasteiger charge is -2.24. The van der Waals surface area contributed by atoms with Gasteiger partial charge in [0.05, 0.1) is 44.1 Å². The summed E-state index contributed by atoms with van der Waals surface area (Å²) in [7, 11) is 0. The molecule has 0 unspecified atom stereocenters. The molecular formula is C136H72N8O4. The summed E-state index contributed by atoms with van der Waals surface area (Å²) in [5, 5.41) is 63.0. The van der Waals surface area contributed by atoms with Gasteiger partial charge in [-0.05, 0) is 412 Å². The third kappa shape index (κ3) is 8.56. The van der Waals surface area contributed by atoms with Crippen LogP contribution in [0.3, 0.4) is 0 Å². The summed E-state index contributed by atoms with van der Waals surface area (Å²) in [4.78, 5) is 81.4. The van der Waals surface area contributed by atoms with E-state index in [-0.39, 0.29) is 22.2 Å². The number of fused-ring (bicyclic) bond motifs is 24. The molecule has 0 saturated carbocycles. The topological polar surface area (TPSA) is 137 Å². The number of rotatable bonds is 0. The van der Waals surface area contributed by atoms with Crippen LogP contribution in [0.1, 0.15) is 44.5 Å². The van der Waals surface area contributed by atoms with E-state index >= 15 is 19.2 Å². The van der Waals surface area contributed by atoms with Crippen molar-refractivity contribution >= 4 is 368 Å². The third-order valence-corrected chi connectivity index (χ3v) is 36.0. The molecule has 0 bridgehead atoms. The van der Waals surface area contributed by atoms with Gasteiger partial charge in [-0.2, -0.15) is 0 Å². The van der Waals surface area contributed by atoms with E-state index in [1.165, 1.54) is 172 Å². The molecule has 30 aromatic carbocycles. The number of pyridine rings is 4.